The normalized spacial score (nSPS) is 14.7. The molecule has 0 saturated heterocycles. The lowest BCUT2D eigenvalue weighted by molar-refractivity contribution is 0.176. The van der Waals surface area contributed by atoms with Gasteiger partial charge in [-0.05, 0) is 53.4 Å². The molecule has 2 aromatic carbocycles. The molecule has 0 radical (unpaired) electrons. The summed E-state index contributed by atoms with van der Waals surface area (Å²) in [7, 11) is 0. The Morgan fingerprint density at radius 1 is 1.33 bits per heavy atom. The van der Waals surface area contributed by atoms with Crippen molar-refractivity contribution < 1.29 is 9.84 Å². The second-order valence-electron chi connectivity index (χ2n) is 5.37. The molecule has 0 bridgehead atoms. The van der Waals surface area contributed by atoms with Gasteiger partial charge in [-0.2, -0.15) is 0 Å². The average Bonchev–Trinajstić information content (AvgIpc) is 2.89. The minimum absolute atomic E-state index is 0.500. The Morgan fingerprint density at radius 3 is 2.95 bits per heavy atom. The molecule has 0 aliphatic carbocycles. The van der Waals surface area contributed by atoms with Gasteiger partial charge in [-0.1, -0.05) is 33.6 Å². The van der Waals surface area contributed by atoms with Crippen LogP contribution in [0.15, 0.2) is 34.8 Å². The van der Waals surface area contributed by atoms with Gasteiger partial charge < -0.3 is 9.84 Å². The fraction of sp³-hybridized carbons (Fsp3) is 0.294. The van der Waals surface area contributed by atoms with E-state index in [4.69, 9.17) is 16.3 Å². The van der Waals surface area contributed by atoms with Crippen LogP contribution in [0.4, 0.5) is 0 Å². The Kier molecular flexibility index (Phi) is 4.25. The summed E-state index contributed by atoms with van der Waals surface area (Å²) < 4.78 is 6.66. The number of benzene rings is 2. The molecular weight excluding hydrogens is 352 g/mol. The maximum Gasteiger partial charge on any atom is 0.126 e. The van der Waals surface area contributed by atoms with Crippen LogP contribution in [0.5, 0.6) is 5.75 Å². The first-order valence-corrected chi connectivity index (χ1v) is 8.10. The lowest BCUT2D eigenvalue weighted by Crippen LogP contribution is -2.05. The summed E-state index contributed by atoms with van der Waals surface area (Å²) in [5.41, 5.74) is 4.11. The molecule has 0 fully saturated rings. The van der Waals surface area contributed by atoms with E-state index < -0.39 is 6.10 Å². The summed E-state index contributed by atoms with van der Waals surface area (Å²) in [4.78, 5) is 0. The van der Waals surface area contributed by atoms with Crippen molar-refractivity contribution in [2.24, 2.45) is 0 Å². The average molecular weight is 368 g/mol. The van der Waals surface area contributed by atoms with Crippen molar-refractivity contribution in [3.8, 4) is 5.75 Å². The molecule has 1 aliphatic heterocycles. The molecule has 0 aromatic heterocycles. The first kappa shape index (κ1) is 14.9. The second-order valence-corrected chi connectivity index (χ2v) is 6.72. The minimum atomic E-state index is -0.575. The number of rotatable bonds is 3. The highest BCUT2D eigenvalue weighted by Crippen LogP contribution is 2.36. The number of aryl methyl sites for hydroxylation is 1. The highest BCUT2D eigenvalue weighted by molar-refractivity contribution is 9.10. The molecule has 21 heavy (non-hydrogen) atoms. The van der Waals surface area contributed by atoms with Gasteiger partial charge in [0.05, 0.1) is 12.7 Å². The number of hydrogen-bond acceptors (Lipinski definition) is 2. The predicted molar refractivity (Wildman–Crippen MR) is 88.2 cm³/mol. The largest absolute Gasteiger partial charge is 0.493 e. The molecule has 4 heteroatoms. The van der Waals surface area contributed by atoms with E-state index in [1.807, 2.05) is 37.3 Å². The van der Waals surface area contributed by atoms with Gasteiger partial charge in [-0.15, -0.1) is 0 Å². The number of fused-ring (bicyclic) bond motifs is 1. The smallest absolute Gasteiger partial charge is 0.126 e. The zero-order valence-electron chi connectivity index (χ0n) is 11.7. The van der Waals surface area contributed by atoms with Crippen LogP contribution >= 0.6 is 27.5 Å². The zero-order valence-corrected chi connectivity index (χ0v) is 14.0. The van der Waals surface area contributed by atoms with Crippen molar-refractivity contribution in [2.75, 3.05) is 6.61 Å². The van der Waals surface area contributed by atoms with Crippen LogP contribution in [-0.2, 0) is 12.8 Å². The summed E-state index contributed by atoms with van der Waals surface area (Å²) in [6.07, 6.45) is 0.809. The van der Waals surface area contributed by atoms with Gasteiger partial charge in [0.2, 0.25) is 0 Å². The summed E-state index contributed by atoms with van der Waals surface area (Å²) >= 11 is 9.62. The molecule has 0 saturated carbocycles. The van der Waals surface area contributed by atoms with Gasteiger partial charge >= 0.3 is 0 Å². The number of aliphatic hydroxyl groups is 1. The van der Waals surface area contributed by atoms with Crippen LogP contribution in [0, 0.1) is 6.92 Å². The van der Waals surface area contributed by atoms with Crippen LogP contribution in [0.3, 0.4) is 0 Å². The van der Waals surface area contributed by atoms with Crippen molar-refractivity contribution in [2.45, 2.75) is 25.9 Å². The molecular formula is C17H16BrClO2. The van der Waals surface area contributed by atoms with E-state index in [0.29, 0.717) is 18.1 Å². The van der Waals surface area contributed by atoms with Crippen molar-refractivity contribution in [1.82, 2.24) is 0 Å². The Balaban J connectivity index is 1.92. The summed E-state index contributed by atoms with van der Waals surface area (Å²) in [6, 6.07) is 9.78. The highest BCUT2D eigenvalue weighted by atomic mass is 79.9. The molecule has 1 N–H and O–H groups in total. The van der Waals surface area contributed by atoms with E-state index >= 15 is 0 Å². The number of ether oxygens (including phenoxy) is 1. The van der Waals surface area contributed by atoms with Crippen molar-refractivity contribution in [3.63, 3.8) is 0 Å². The first-order chi connectivity index (χ1) is 10.0. The number of aliphatic hydroxyl groups excluding tert-OH is 1. The van der Waals surface area contributed by atoms with E-state index in [1.165, 1.54) is 0 Å². The van der Waals surface area contributed by atoms with Crippen molar-refractivity contribution in [1.29, 1.82) is 0 Å². The van der Waals surface area contributed by atoms with Crippen molar-refractivity contribution >= 4 is 27.5 Å². The van der Waals surface area contributed by atoms with Gasteiger partial charge in [-0.25, -0.2) is 0 Å². The lowest BCUT2D eigenvalue weighted by atomic mass is 9.96. The van der Waals surface area contributed by atoms with Gasteiger partial charge in [0, 0.05) is 22.3 Å². The maximum atomic E-state index is 10.6. The fourth-order valence-corrected chi connectivity index (χ4v) is 3.43. The lowest BCUT2D eigenvalue weighted by Gasteiger charge is -2.16. The third-order valence-corrected chi connectivity index (χ3v) is 4.55. The van der Waals surface area contributed by atoms with Gasteiger partial charge in [0.15, 0.2) is 0 Å². The van der Waals surface area contributed by atoms with E-state index in [-0.39, 0.29) is 0 Å². The zero-order chi connectivity index (χ0) is 15.0. The van der Waals surface area contributed by atoms with Crippen LogP contribution in [-0.4, -0.2) is 11.7 Å². The molecule has 110 valence electrons. The Hall–Kier alpha value is -1.03. The Labute approximate surface area is 137 Å². The topological polar surface area (TPSA) is 29.5 Å². The quantitative estimate of drug-likeness (QED) is 0.857. The SMILES string of the molecule is Cc1ccc(Br)cc1C(O)Cc1cc(Cl)cc2c1OCC2. The first-order valence-electron chi connectivity index (χ1n) is 6.93. The van der Waals surface area contributed by atoms with Gasteiger partial charge in [-0.3, -0.25) is 0 Å². The molecule has 2 aromatic rings. The highest BCUT2D eigenvalue weighted by Gasteiger charge is 2.21. The Bertz CT molecular complexity index is 685. The molecule has 3 rings (SSSR count). The molecule has 1 atom stereocenters. The molecule has 0 spiro atoms. The minimum Gasteiger partial charge on any atom is -0.493 e. The van der Waals surface area contributed by atoms with Crippen molar-refractivity contribution in [3.05, 3.63) is 62.1 Å². The van der Waals surface area contributed by atoms with Crippen LogP contribution in [0.2, 0.25) is 5.02 Å². The van der Waals surface area contributed by atoms with E-state index in [9.17, 15) is 5.11 Å². The molecule has 1 aliphatic rings. The van der Waals surface area contributed by atoms with E-state index in [2.05, 4.69) is 15.9 Å². The molecule has 1 unspecified atom stereocenters. The van der Waals surface area contributed by atoms with E-state index in [1.54, 1.807) is 0 Å². The predicted octanol–water partition coefficient (Wildman–Crippen LogP) is 4.62. The number of halogens is 2. The summed E-state index contributed by atoms with van der Waals surface area (Å²) in [5, 5.41) is 11.3. The number of hydrogen-bond donors (Lipinski definition) is 1. The maximum absolute atomic E-state index is 10.6. The standard InChI is InChI=1S/C17H16BrClO2/c1-10-2-3-13(18)9-15(10)16(20)8-12-7-14(19)6-11-4-5-21-17(11)12/h2-3,6-7,9,16,20H,4-5,8H2,1H3. The van der Waals surface area contributed by atoms with Crippen LogP contribution < -0.4 is 4.74 Å². The van der Waals surface area contributed by atoms with Gasteiger partial charge in [0.25, 0.3) is 0 Å². The van der Waals surface area contributed by atoms with Crippen LogP contribution in [0.1, 0.15) is 28.4 Å². The molecule has 2 nitrogen and oxygen atoms in total. The monoisotopic (exact) mass is 366 g/mol. The Morgan fingerprint density at radius 2 is 2.14 bits per heavy atom. The second kappa shape index (κ2) is 5.99. The molecule has 0 amide bonds. The van der Waals surface area contributed by atoms with Gasteiger partial charge in [0.1, 0.15) is 5.75 Å². The fourth-order valence-electron chi connectivity index (χ4n) is 2.79. The summed E-state index contributed by atoms with van der Waals surface area (Å²) in [6.45, 7) is 2.69. The summed E-state index contributed by atoms with van der Waals surface area (Å²) in [5.74, 6) is 0.895. The molecule has 1 heterocycles. The van der Waals surface area contributed by atoms with Crippen LogP contribution in [0.25, 0.3) is 0 Å². The van der Waals surface area contributed by atoms with E-state index in [0.717, 1.165) is 38.9 Å². The third kappa shape index (κ3) is 3.10. The third-order valence-electron chi connectivity index (χ3n) is 3.84.